The molecule has 1 amide bonds. The van der Waals surface area contributed by atoms with E-state index in [0.29, 0.717) is 22.7 Å². The molecule has 10 nitrogen and oxygen atoms in total. The van der Waals surface area contributed by atoms with Gasteiger partial charge in [0.25, 0.3) is 11.5 Å². The van der Waals surface area contributed by atoms with Crippen LogP contribution in [-0.2, 0) is 21.2 Å². The van der Waals surface area contributed by atoms with E-state index < -0.39 is 32.4 Å². The normalized spacial score (nSPS) is 12.2. The highest BCUT2D eigenvalue weighted by atomic mass is 32.2. The van der Waals surface area contributed by atoms with Crippen molar-refractivity contribution < 1.29 is 27.5 Å². The summed E-state index contributed by atoms with van der Waals surface area (Å²) in [7, 11) is -2.34. The second-order valence-corrected chi connectivity index (χ2v) is 9.40. The largest absolute Gasteiger partial charge is 0.494 e. The van der Waals surface area contributed by atoms with Crippen LogP contribution < -0.4 is 15.8 Å². The highest BCUT2D eigenvalue weighted by Crippen LogP contribution is 2.25. The molecule has 3 rings (SSSR count). The van der Waals surface area contributed by atoms with Crippen LogP contribution in [0.5, 0.6) is 5.75 Å². The first kappa shape index (κ1) is 24.0. The maximum Gasteiger partial charge on any atom is 0.261 e. The zero-order chi connectivity index (χ0) is 24.2. The van der Waals surface area contributed by atoms with Crippen LogP contribution in [-0.4, -0.2) is 52.7 Å². The molecule has 2 aromatic heterocycles. The van der Waals surface area contributed by atoms with Gasteiger partial charge in [-0.1, -0.05) is 24.3 Å². The quantitative estimate of drug-likeness (QED) is 0.368. The van der Waals surface area contributed by atoms with Gasteiger partial charge in [-0.05, 0) is 12.0 Å². The standard InChI is InChI=1S/C21H21FN4O6S/c1-32-15-10-23-20(24-11-15)14-5-3-13(4-6-14)16-9-19(27)26(12-17(16)22)8-7-18(21(28)25-29)33(2,30)31/h3-6,9-12,18,29H,7-8H2,1-2H3,(H,25,28)/t18-/m1/s1. The van der Waals surface area contributed by atoms with Gasteiger partial charge < -0.3 is 9.30 Å². The SMILES string of the molecule is COc1cnc(-c2ccc(-c3cc(=O)n(CC[C@H](C(=O)NO)S(C)(=O)=O)cc3F)cc2)nc1. The molecule has 12 heteroatoms. The molecule has 0 spiro atoms. The summed E-state index contributed by atoms with van der Waals surface area (Å²) in [5.41, 5.74) is 1.91. The Morgan fingerprint density at radius 2 is 1.82 bits per heavy atom. The smallest absolute Gasteiger partial charge is 0.261 e. The molecule has 0 bridgehead atoms. The molecule has 1 atom stereocenters. The number of hydrogen-bond acceptors (Lipinski definition) is 8. The van der Waals surface area contributed by atoms with E-state index in [1.54, 1.807) is 24.3 Å². The number of hydroxylamine groups is 1. The van der Waals surface area contributed by atoms with E-state index in [-0.39, 0.29) is 18.5 Å². The molecule has 0 aliphatic heterocycles. The van der Waals surface area contributed by atoms with Gasteiger partial charge in [0, 0.05) is 36.2 Å². The number of nitrogens with zero attached hydrogens (tertiary/aromatic N) is 3. The molecule has 2 N–H and O–H groups in total. The first-order chi connectivity index (χ1) is 15.6. The van der Waals surface area contributed by atoms with Crippen molar-refractivity contribution in [2.45, 2.75) is 18.2 Å². The number of rotatable bonds is 8. The van der Waals surface area contributed by atoms with Gasteiger partial charge in [-0.2, -0.15) is 0 Å². The van der Waals surface area contributed by atoms with E-state index in [4.69, 9.17) is 9.94 Å². The number of carbonyl (C=O) groups excluding carboxylic acids is 1. The predicted molar refractivity (Wildman–Crippen MR) is 117 cm³/mol. The van der Waals surface area contributed by atoms with Gasteiger partial charge in [0.2, 0.25) is 0 Å². The summed E-state index contributed by atoms with van der Waals surface area (Å²) in [6.45, 7) is -0.241. The van der Waals surface area contributed by atoms with Crippen LogP contribution in [0.15, 0.2) is 53.7 Å². The number of aromatic nitrogens is 3. The van der Waals surface area contributed by atoms with E-state index >= 15 is 0 Å². The Bertz CT molecular complexity index is 1310. The first-order valence-corrected chi connectivity index (χ1v) is 11.6. The molecule has 174 valence electrons. The highest BCUT2D eigenvalue weighted by molar-refractivity contribution is 7.92. The number of ether oxygens (including phenoxy) is 1. The number of nitrogens with one attached hydrogen (secondary N) is 1. The number of methoxy groups -OCH3 is 1. The Balaban J connectivity index is 1.82. The van der Waals surface area contributed by atoms with Crippen LogP contribution >= 0.6 is 0 Å². The van der Waals surface area contributed by atoms with E-state index in [0.717, 1.165) is 23.1 Å². The van der Waals surface area contributed by atoms with Crippen molar-refractivity contribution in [2.24, 2.45) is 0 Å². The van der Waals surface area contributed by atoms with Gasteiger partial charge >= 0.3 is 0 Å². The van der Waals surface area contributed by atoms with E-state index in [1.165, 1.54) is 25.0 Å². The number of aryl methyl sites for hydroxylation is 1. The van der Waals surface area contributed by atoms with Crippen molar-refractivity contribution in [1.29, 1.82) is 0 Å². The molecule has 0 aliphatic carbocycles. The number of amides is 1. The molecule has 0 saturated carbocycles. The Morgan fingerprint density at radius 3 is 2.36 bits per heavy atom. The molecule has 0 aliphatic rings. The number of sulfone groups is 1. The molecule has 3 aromatic rings. The van der Waals surface area contributed by atoms with Crippen LogP contribution in [0.2, 0.25) is 0 Å². The minimum absolute atomic E-state index is 0.0613. The molecular weight excluding hydrogens is 455 g/mol. The van der Waals surface area contributed by atoms with Crippen LogP contribution in [0.25, 0.3) is 22.5 Å². The van der Waals surface area contributed by atoms with Crippen LogP contribution in [0.1, 0.15) is 6.42 Å². The Labute approximate surface area is 188 Å². The van der Waals surface area contributed by atoms with Gasteiger partial charge in [-0.3, -0.25) is 14.8 Å². The third-order valence-electron chi connectivity index (χ3n) is 4.95. The van der Waals surface area contributed by atoms with Gasteiger partial charge in [0.05, 0.1) is 19.5 Å². The summed E-state index contributed by atoms with van der Waals surface area (Å²) < 4.78 is 44.3. The van der Waals surface area contributed by atoms with Gasteiger partial charge in [0.1, 0.15) is 11.1 Å². The summed E-state index contributed by atoms with van der Waals surface area (Å²) in [5, 5.41) is 7.16. The topological polar surface area (TPSA) is 140 Å². The average Bonchev–Trinajstić information content (AvgIpc) is 2.80. The second-order valence-electron chi connectivity index (χ2n) is 7.17. The Kier molecular flexibility index (Phi) is 7.19. The summed E-state index contributed by atoms with van der Waals surface area (Å²) in [5.74, 6) is -0.863. The van der Waals surface area contributed by atoms with Crippen molar-refractivity contribution in [3.8, 4) is 28.3 Å². The number of halogens is 1. The number of carbonyl (C=O) groups is 1. The first-order valence-electron chi connectivity index (χ1n) is 9.63. The van der Waals surface area contributed by atoms with Gasteiger partial charge in [0.15, 0.2) is 21.4 Å². The number of hydrogen-bond donors (Lipinski definition) is 2. The fourth-order valence-electron chi connectivity index (χ4n) is 3.18. The monoisotopic (exact) mass is 476 g/mol. The third-order valence-corrected chi connectivity index (χ3v) is 6.43. The highest BCUT2D eigenvalue weighted by Gasteiger charge is 2.28. The maximum atomic E-state index is 14.8. The summed E-state index contributed by atoms with van der Waals surface area (Å²) in [6.07, 6.45) is 4.51. The van der Waals surface area contributed by atoms with Crippen LogP contribution in [0, 0.1) is 5.82 Å². The molecule has 1 aromatic carbocycles. The molecule has 2 heterocycles. The minimum Gasteiger partial charge on any atom is -0.494 e. The molecular formula is C21H21FN4O6S. The summed E-state index contributed by atoms with van der Waals surface area (Å²) in [4.78, 5) is 32.5. The Hall–Kier alpha value is -3.64. The lowest BCUT2D eigenvalue weighted by Gasteiger charge is -2.14. The summed E-state index contributed by atoms with van der Waals surface area (Å²) in [6, 6.07) is 7.71. The minimum atomic E-state index is -3.85. The molecule has 0 fully saturated rings. The van der Waals surface area contributed by atoms with Crippen LogP contribution in [0.4, 0.5) is 4.39 Å². The Morgan fingerprint density at radius 1 is 1.21 bits per heavy atom. The maximum absolute atomic E-state index is 14.8. The van der Waals surface area contributed by atoms with Crippen molar-refractivity contribution in [3.05, 3.63) is 65.1 Å². The lowest BCUT2D eigenvalue weighted by atomic mass is 10.0. The molecule has 0 saturated heterocycles. The van der Waals surface area contributed by atoms with E-state index in [1.807, 2.05) is 0 Å². The predicted octanol–water partition coefficient (Wildman–Crippen LogP) is 1.43. The zero-order valence-corrected chi connectivity index (χ0v) is 18.5. The van der Waals surface area contributed by atoms with Gasteiger partial charge in [-0.25, -0.2) is 28.3 Å². The molecule has 33 heavy (non-hydrogen) atoms. The fourth-order valence-corrected chi connectivity index (χ4v) is 4.15. The molecule has 0 radical (unpaired) electrons. The summed E-state index contributed by atoms with van der Waals surface area (Å²) >= 11 is 0. The third kappa shape index (κ3) is 5.59. The fraction of sp³-hybridized carbons (Fsp3) is 0.238. The van der Waals surface area contributed by atoms with Crippen LogP contribution in [0.3, 0.4) is 0 Å². The van der Waals surface area contributed by atoms with Crippen molar-refractivity contribution in [3.63, 3.8) is 0 Å². The van der Waals surface area contributed by atoms with Crippen molar-refractivity contribution >= 4 is 15.7 Å². The number of benzene rings is 1. The lowest BCUT2D eigenvalue weighted by molar-refractivity contribution is -0.128. The second kappa shape index (κ2) is 9.88. The van der Waals surface area contributed by atoms with Gasteiger partial charge in [-0.15, -0.1) is 0 Å². The van der Waals surface area contributed by atoms with Crippen molar-refractivity contribution in [1.82, 2.24) is 20.0 Å². The lowest BCUT2D eigenvalue weighted by Crippen LogP contribution is -2.39. The van der Waals surface area contributed by atoms with Crippen molar-refractivity contribution in [2.75, 3.05) is 13.4 Å². The van der Waals surface area contributed by atoms with E-state index in [2.05, 4.69) is 9.97 Å². The average molecular weight is 476 g/mol. The van der Waals surface area contributed by atoms with E-state index in [9.17, 15) is 22.4 Å². The zero-order valence-electron chi connectivity index (χ0n) is 17.7. The molecule has 0 unspecified atom stereocenters. The number of pyridine rings is 1.